The van der Waals surface area contributed by atoms with E-state index in [1.165, 1.54) is 0 Å². The number of aromatic nitrogens is 2. The molecule has 1 aliphatic rings. The maximum Gasteiger partial charge on any atom is 0.350 e. The Labute approximate surface area is 89.7 Å². The van der Waals surface area contributed by atoms with E-state index in [1.54, 1.807) is 4.90 Å². The number of carboxylic acid groups (broad SMARTS) is 1. The summed E-state index contributed by atoms with van der Waals surface area (Å²) in [5, 5.41) is 12.4. The number of hydrogen-bond donors (Lipinski definition) is 1. The molecule has 1 saturated heterocycles. The van der Waals surface area contributed by atoms with Crippen LogP contribution in [0, 0.1) is 0 Å². The van der Waals surface area contributed by atoms with E-state index in [4.69, 9.17) is 5.11 Å². The van der Waals surface area contributed by atoms with Gasteiger partial charge in [0, 0.05) is 13.1 Å². The molecule has 0 atom stereocenters. The van der Waals surface area contributed by atoms with Gasteiger partial charge in [-0.3, -0.25) is 4.79 Å². The van der Waals surface area contributed by atoms with E-state index < -0.39 is 5.97 Å². The lowest BCUT2D eigenvalue weighted by atomic mass is 10.3. The van der Waals surface area contributed by atoms with Crippen molar-refractivity contribution in [3.63, 3.8) is 0 Å². The maximum absolute atomic E-state index is 11.8. The average molecular weight is 227 g/mol. The maximum atomic E-state index is 11.8. The first-order valence-corrected chi connectivity index (χ1v) is 5.32. The summed E-state index contributed by atoms with van der Waals surface area (Å²) in [7, 11) is 0. The second-order valence-electron chi connectivity index (χ2n) is 3.26. The van der Waals surface area contributed by atoms with Crippen LogP contribution in [-0.4, -0.2) is 44.6 Å². The number of likely N-dealkylation sites (tertiary alicyclic amines) is 1. The smallest absolute Gasteiger partial charge is 0.350 e. The van der Waals surface area contributed by atoms with Crippen molar-refractivity contribution in [2.75, 3.05) is 13.1 Å². The highest BCUT2D eigenvalue weighted by Gasteiger charge is 2.27. The van der Waals surface area contributed by atoms with E-state index in [1.807, 2.05) is 0 Å². The van der Waals surface area contributed by atoms with Crippen molar-refractivity contribution in [1.82, 2.24) is 14.5 Å². The van der Waals surface area contributed by atoms with Crippen LogP contribution in [0.3, 0.4) is 0 Å². The van der Waals surface area contributed by atoms with Gasteiger partial charge in [-0.05, 0) is 24.4 Å². The number of hydrogen-bond acceptors (Lipinski definition) is 5. The zero-order chi connectivity index (χ0) is 10.8. The summed E-state index contributed by atoms with van der Waals surface area (Å²) in [6, 6.07) is 0. The van der Waals surface area contributed by atoms with Crippen molar-refractivity contribution < 1.29 is 14.7 Å². The SMILES string of the molecule is O=C(O)c1snnc1C(=O)N1CCCC1. The Morgan fingerprint density at radius 1 is 1.33 bits per heavy atom. The lowest BCUT2D eigenvalue weighted by Crippen LogP contribution is -2.29. The molecule has 0 spiro atoms. The van der Waals surface area contributed by atoms with Crippen LogP contribution in [-0.2, 0) is 0 Å². The molecule has 0 unspecified atom stereocenters. The van der Waals surface area contributed by atoms with Crippen molar-refractivity contribution >= 4 is 23.4 Å². The second-order valence-corrected chi connectivity index (χ2v) is 4.01. The summed E-state index contributed by atoms with van der Waals surface area (Å²) in [6.45, 7) is 1.35. The highest BCUT2D eigenvalue weighted by atomic mass is 32.1. The van der Waals surface area contributed by atoms with E-state index in [-0.39, 0.29) is 16.5 Å². The van der Waals surface area contributed by atoms with Gasteiger partial charge < -0.3 is 10.0 Å². The van der Waals surface area contributed by atoms with Crippen LogP contribution in [0.25, 0.3) is 0 Å². The molecule has 0 aromatic carbocycles. The van der Waals surface area contributed by atoms with Crippen molar-refractivity contribution in [1.29, 1.82) is 0 Å². The number of rotatable bonds is 2. The molecule has 1 N–H and O–H groups in total. The van der Waals surface area contributed by atoms with Crippen molar-refractivity contribution in [3.8, 4) is 0 Å². The minimum absolute atomic E-state index is 0.0330. The third-order valence-corrected chi connectivity index (χ3v) is 2.99. The monoisotopic (exact) mass is 227 g/mol. The van der Waals surface area contributed by atoms with Crippen LogP contribution in [0.2, 0.25) is 0 Å². The van der Waals surface area contributed by atoms with E-state index in [0.29, 0.717) is 13.1 Å². The Bertz CT molecular complexity index is 398. The molecule has 2 rings (SSSR count). The van der Waals surface area contributed by atoms with Crippen molar-refractivity contribution in [2.24, 2.45) is 0 Å². The first kappa shape index (κ1) is 10.0. The van der Waals surface area contributed by atoms with Crippen LogP contribution in [0.1, 0.15) is 33.0 Å². The summed E-state index contributed by atoms with van der Waals surface area (Å²) >= 11 is 0.737. The van der Waals surface area contributed by atoms with Crippen molar-refractivity contribution in [2.45, 2.75) is 12.8 Å². The normalized spacial score (nSPS) is 15.6. The highest BCUT2D eigenvalue weighted by Crippen LogP contribution is 2.16. The standard InChI is InChI=1S/C8H9N3O3S/c12-7(11-3-1-2-4-11)5-6(8(13)14)15-10-9-5/h1-4H2,(H,13,14). The Morgan fingerprint density at radius 3 is 2.60 bits per heavy atom. The topological polar surface area (TPSA) is 83.4 Å². The molecule has 1 aromatic rings. The molecule has 0 bridgehead atoms. The fourth-order valence-electron chi connectivity index (χ4n) is 1.54. The summed E-state index contributed by atoms with van der Waals surface area (Å²) in [4.78, 5) is 24.1. The fraction of sp³-hybridized carbons (Fsp3) is 0.500. The molecule has 0 saturated carbocycles. The summed E-state index contributed by atoms with van der Waals surface area (Å²) in [6.07, 6.45) is 1.93. The molecule has 1 aromatic heterocycles. The molecule has 2 heterocycles. The number of aromatic carboxylic acids is 1. The lowest BCUT2D eigenvalue weighted by molar-refractivity contribution is 0.0685. The van der Waals surface area contributed by atoms with Crippen LogP contribution >= 0.6 is 11.5 Å². The predicted octanol–water partition coefficient (Wildman–Crippen LogP) is 0.472. The van der Waals surface area contributed by atoms with E-state index in [2.05, 4.69) is 9.59 Å². The van der Waals surface area contributed by atoms with Crippen LogP contribution in [0.4, 0.5) is 0 Å². The average Bonchev–Trinajstić information content (AvgIpc) is 2.88. The third-order valence-electron chi connectivity index (χ3n) is 2.28. The summed E-state index contributed by atoms with van der Waals surface area (Å²) < 4.78 is 3.50. The molecule has 0 aliphatic carbocycles. The fourth-order valence-corrected chi connectivity index (χ4v) is 2.04. The molecule has 1 aliphatic heterocycles. The van der Waals surface area contributed by atoms with Gasteiger partial charge in [0.05, 0.1) is 0 Å². The van der Waals surface area contributed by atoms with Gasteiger partial charge in [0.15, 0.2) is 10.6 Å². The molecule has 15 heavy (non-hydrogen) atoms. The van der Waals surface area contributed by atoms with Gasteiger partial charge >= 0.3 is 5.97 Å². The molecule has 1 fully saturated rings. The second kappa shape index (κ2) is 3.93. The zero-order valence-electron chi connectivity index (χ0n) is 7.84. The number of carbonyl (C=O) groups is 2. The van der Waals surface area contributed by atoms with Crippen LogP contribution in [0.5, 0.6) is 0 Å². The lowest BCUT2D eigenvalue weighted by Gasteiger charge is -2.12. The Morgan fingerprint density at radius 2 is 2.00 bits per heavy atom. The van der Waals surface area contributed by atoms with Gasteiger partial charge in [-0.25, -0.2) is 4.79 Å². The van der Waals surface area contributed by atoms with Crippen LogP contribution in [0.15, 0.2) is 0 Å². The predicted molar refractivity (Wildman–Crippen MR) is 52.0 cm³/mol. The molecular weight excluding hydrogens is 218 g/mol. The number of carbonyl (C=O) groups excluding carboxylic acids is 1. The van der Waals surface area contributed by atoms with E-state index >= 15 is 0 Å². The number of carboxylic acids is 1. The highest BCUT2D eigenvalue weighted by molar-refractivity contribution is 7.08. The Hall–Kier alpha value is -1.50. The minimum Gasteiger partial charge on any atom is -0.477 e. The minimum atomic E-state index is -1.15. The molecule has 7 heteroatoms. The van der Waals surface area contributed by atoms with E-state index in [0.717, 1.165) is 24.4 Å². The Kier molecular flexibility index (Phi) is 2.63. The van der Waals surface area contributed by atoms with Gasteiger partial charge in [-0.1, -0.05) is 4.49 Å². The first-order chi connectivity index (χ1) is 7.20. The number of amides is 1. The van der Waals surface area contributed by atoms with Crippen molar-refractivity contribution in [3.05, 3.63) is 10.6 Å². The van der Waals surface area contributed by atoms with E-state index in [9.17, 15) is 9.59 Å². The first-order valence-electron chi connectivity index (χ1n) is 4.55. The van der Waals surface area contributed by atoms with Crippen LogP contribution < -0.4 is 0 Å². The largest absolute Gasteiger partial charge is 0.477 e. The Balaban J connectivity index is 2.24. The zero-order valence-corrected chi connectivity index (χ0v) is 8.66. The number of nitrogens with zero attached hydrogens (tertiary/aromatic N) is 3. The molecule has 1 amide bonds. The molecule has 6 nitrogen and oxygen atoms in total. The summed E-state index contributed by atoms with van der Waals surface area (Å²) in [5.41, 5.74) is -0.0330. The van der Waals surface area contributed by atoms with Gasteiger partial charge in [0.1, 0.15) is 0 Å². The molecule has 0 radical (unpaired) electrons. The summed E-state index contributed by atoms with van der Waals surface area (Å²) in [5.74, 6) is -1.47. The molecule has 80 valence electrons. The third kappa shape index (κ3) is 1.82. The van der Waals surface area contributed by atoms with Gasteiger partial charge in [0.2, 0.25) is 0 Å². The van der Waals surface area contributed by atoms with Gasteiger partial charge in [-0.2, -0.15) is 0 Å². The quantitative estimate of drug-likeness (QED) is 0.794. The van der Waals surface area contributed by atoms with Gasteiger partial charge in [0.25, 0.3) is 5.91 Å². The molecular formula is C8H9N3O3S. The van der Waals surface area contributed by atoms with Gasteiger partial charge in [-0.15, -0.1) is 5.10 Å².